The molecular weight excluding hydrogens is 352 g/mol. The summed E-state index contributed by atoms with van der Waals surface area (Å²) in [5, 5.41) is 11.4. The van der Waals surface area contributed by atoms with Crippen molar-refractivity contribution in [1.29, 1.82) is 0 Å². The van der Waals surface area contributed by atoms with Crippen LogP contribution in [0.25, 0.3) is 0 Å². The number of ketones is 1. The number of aliphatic hydroxyl groups is 1. The third kappa shape index (κ3) is 2.91. The summed E-state index contributed by atoms with van der Waals surface area (Å²) >= 11 is 0. The normalized spacial score (nSPS) is 46.5. The van der Waals surface area contributed by atoms with Crippen LogP contribution in [-0.2, 0) is 14.3 Å². The van der Waals surface area contributed by atoms with Crippen molar-refractivity contribution in [3.05, 3.63) is 23.3 Å². The number of rotatable bonds is 2. The first kappa shape index (κ1) is 19.9. The zero-order valence-corrected chi connectivity index (χ0v) is 17.7. The number of ether oxygens (including phenoxy) is 1. The van der Waals surface area contributed by atoms with Crippen molar-refractivity contribution in [2.45, 2.75) is 72.3 Å². The second kappa shape index (κ2) is 6.83. The van der Waals surface area contributed by atoms with Crippen LogP contribution >= 0.6 is 0 Å². The minimum atomic E-state index is -0.351. The molecule has 0 bridgehead atoms. The average Bonchev–Trinajstić information content (AvgIpc) is 2.92. The Labute approximate surface area is 168 Å². The van der Waals surface area contributed by atoms with Gasteiger partial charge in [-0.2, -0.15) is 0 Å². The summed E-state index contributed by atoms with van der Waals surface area (Å²) in [6.45, 7) is 8.42. The molecule has 0 saturated heterocycles. The molecule has 0 aliphatic heterocycles. The predicted octanol–water partition coefficient (Wildman–Crippen LogP) is 4.22. The van der Waals surface area contributed by atoms with Crippen LogP contribution in [0.3, 0.4) is 0 Å². The van der Waals surface area contributed by atoms with Gasteiger partial charge in [0.2, 0.25) is 0 Å². The highest BCUT2D eigenvalue weighted by Crippen LogP contribution is 2.66. The number of allylic oxidation sites excluding steroid dienone is 2. The lowest BCUT2D eigenvalue weighted by atomic mass is 9.46. The number of hydrogen-bond donors (Lipinski definition) is 1. The number of esters is 1. The van der Waals surface area contributed by atoms with Crippen molar-refractivity contribution in [3.8, 4) is 0 Å². The fraction of sp³-hybridized carbons (Fsp3) is 0.750. The highest BCUT2D eigenvalue weighted by molar-refractivity contribution is 5.93. The summed E-state index contributed by atoms with van der Waals surface area (Å²) in [5.74, 6) is 1.37. The summed E-state index contributed by atoms with van der Waals surface area (Å²) in [4.78, 5) is 23.4. The number of fused-ring (bicyclic) bond motifs is 5. The molecule has 154 valence electrons. The average molecular weight is 387 g/mol. The van der Waals surface area contributed by atoms with Crippen LogP contribution in [0.4, 0.5) is 0 Å². The van der Waals surface area contributed by atoms with E-state index in [1.54, 1.807) is 0 Å². The van der Waals surface area contributed by atoms with Gasteiger partial charge < -0.3 is 9.84 Å². The third-order valence-electron chi connectivity index (χ3n) is 8.67. The predicted molar refractivity (Wildman–Crippen MR) is 107 cm³/mol. The zero-order chi connectivity index (χ0) is 20.3. The molecule has 4 heteroatoms. The Morgan fingerprint density at radius 1 is 1.25 bits per heavy atom. The molecule has 3 fully saturated rings. The van der Waals surface area contributed by atoms with E-state index in [0.29, 0.717) is 18.4 Å². The van der Waals surface area contributed by atoms with E-state index in [1.807, 2.05) is 13.0 Å². The lowest BCUT2D eigenvalue weighted by Crippen LogP contribution is -2.56. The number of carbonyl (C=O) groups is 2. The Balaban J connectivity index is 1.64. The van der Waals surface area contributed by atoms with Gasteiger partial charge in [-0.1, -0.05) is 31.9 Å². The maximum Gasteiger partial charge on any atom is 0.302 e. The molecule has 6 unspecified atom stereocenters. The number of carbonyl (C=O) groups excluding carboxylic acids is 2. The molecule has 1 N–H and O–H groups in total. The van der Waals surface area contributed by atoms with Crippen LogP contribution in [-0.4, -0.2) is 29.6 Å². The molecule has 0 radical (unpaired) electrons. The van der Waals surface area contributed by atoms with Crippen molar-refractivity contribution >= 4 is 11.8 Å². The molecule has 4 aliphatic carbocycles. The van der Waals surface area contributed by atoms with Crippen molar-refractivity contribution in [1.82, 2.24) is 0 Å². The quantitative estimate of drug-likeness (QED) is 0.570. The SMILES string of the molecule is CC(=O)OCC=C1CCC2C3CCC4=CC(=O)[C@H](C)CC4(C)C3C(O)CC12C. The van der Waals surface area contributed by atoms with E-state index in [4.69, 9.17) is 4.74 Å². The molecule has 0 aromatic rings. The minimum Gasteiger partial charge on any atom is -0.462 e. The van der Waals surface area contributed by atoms with Crippen LogP contribution in [0, 0.1) is 34.5 Å². The van der Waals surface area contributed by atoms with Gasteiger partial charge in [-0.15, -0.1) is 0 Å². The first-order chi connectivity index (χ1) is 13.2. The summed E-state index contributed by atoms with van der Waals surface area (Å²) in [6.07, 6.45) is 9.53. The second-order valence-corrected chi connectivity index (χ2v) is 10.2. The fourth-order valence-electron chi connectivity index (χ4n) is 7.47. The lowest BCUT2D eigenvalue weighted by Gasteiger charge is -2.59. The fourth-order valence-corrected chi connectivity index (χ4v) is 7.47. The van der Waals surface area contributed by atoms with Crippen molar-refractivity contribution < 1.29 is 19.4 Å². The highest BCUT2D eigenvalue weighted by atomic mass is 16.5. The zero-order valence-electron chi connectivity index (χ0n) is 17.7. The van der Waals surface area contributed by atoms with Gasteiger partial charge >= 0.3 is 5.97 Å². The molecule has 0 heterocycles. The van der Waals surface area contributed by atoms with Crippen molar-refractivity contribution in [3.63, 3.8) is 0 Å². The van der Waals surface area contributed by atoms with Crippen LogP contribution < -0.4 is 0 Å². The first-order valence-corrected chi connectivity index (χ1v) is 10.9. The Kier molecular flexibility index (Phi) is 4.85. The van der Waals surface area contributed by atoms with Gasteiger partial charge in [0.15, 0.2) is 5.78 Å². The molecule has 0 aromatic heterocycles. The third-order valence-corrected chi connectivity index (χ3v) is 8.67. The largest absolute Gasteiger partial charge is 0.462 e. The molecule has 0 spiro atoms. The van der Waals surface area contributed by atoms with E-state index in [2.05, 4.69) is 19.9 Å². The smallest absolute Gasteiger partial charge is 0.302 e. The molecule has 4 aliphatic rings. The van der Waals surface area contributed by atoms with Gasteiger partial charge in [0, 0.05) is 12.8 Å². The topological polar surface area (TPSA) is 63.6 Å². The Bertz CT molecular complexity index is 750. The molecule has 0 aromatic carbocycles. The van der Waals surface area contributed by atoms with Crippen LogP contribution in [0.15, 0.2) is 23.3 Å². The Morgan fingerprint density at radius 3 is 2.71 bits per heavy atom. The Morgan fingerprint density at radius 2 is 2.00 bits per heavy atom. The van der Waals surface area contributed by atoms with E-state index in [1.165, 1.54) is 18.1 Å². The van der Waals surface area contributed by atoms with Gasteiger partial charge in [-0.25, -0.2) is 0 Å². The van der Waals surface area contributed by atoms with Gasteiger partial charge in [0.1, 0.15) is 6.61 Å². The van der Waals surface area contributed by atoms with E-state index in [-0.39, 0.29) is 40.5 Å². The monoisotopic (exact) mass is 386 g/mol. The van der Waals surface area contributed by atoms with Gasteiger partial charge in [0.25, 0.3) is 0 Å². The summed E-state index contributed by atoms with van der Waals surface area (Å²) in [7, 11) is 0. The minimum absolute atomic E-state index is 0.00554. The van der Waals surface area contributed by atoms with E-state index in [0.717, 1.165) is 38.5 Å². The van der Waals surface area contributed by atoms with E-state index < -0.39 is 0 Å². The molecule has 3 saturated carbocycles. The maximum absolute atomic E-state index is 12.3. The van der Waals surface area contributed by atoms with E-state index >= 15 is 0 Å². The standard InChI is InChI=1S/C24H34O4/c1-14-12-24(4)17(11-20(14)26)5-7-18-19-8-6-16(9-10-28-15(2)25)23(19,3)13-21(27)22(18)24/h9,11,14,18-19,21-22,27H,5-8,10,12-13H2,1-4H3/t14-,18?,19?,21?,22?,23?,24?/m1/s1. The summed E-state index contributed by atoms with van der Waals surface area (Å²) in [5.41, 5.74) is 2.58. The van der Waals surface area contributed by atoms with Gasteiger partial charge in [-0.05, 0) is 79.3 Å². The van der Waals surface area contributed by atoms with Crippen LogP contribution in [0.5, 0.6) is 0 Å². The molecule has 0 amide bonds. The van der Waals surface area contributed by atoms with E-state index in [9.17, 15) is 14.7 Å². The van der Waals surface area contributed by atoms with Gasteiger partial charge in [0.05, 0.1) is 6.10 Å². The van der Waals surface area contributed by atoms with Crippen molar-refractivity contribution in [2.24, 2.45) is 34.5 Å². The molecule has 28 heavy (non-hydrogen) atoms. The molecule has 7 atom stereocenters. The van der Waals surface area contributed by atoms with Crippen molar-refractivity contribution in [2.75, 3.05) is 6.61 Å². The molecule has 4 rings (SSSR count). The van der Waals surface area contributed by atoms with Gasteiger partial charge in [-0.3, -0.25) is 9.59 Å². The second-order valence-electron chi connectivity index (χ2n) is 10.2. The molecular formula is C24H34O4. The highest BCUT2D eigenvalue weighted by Gasteiger charge is 2.61. The van der Waals surface area contributed by atoms with Crippen LogP contribution in [0.1, 0.15) is 66.2 Å². The first-order valence-electron chi connectivity index (χ1n) is 10.9. The maximum atomic E-state index is 12.3. The summed E-state index contributed by atoms with van der Waals surface area (Å²) in [6, 6.07) is 0. The van der Waals surface area contributed by atoms with Crippen LogP contribution in [0.2, 0.25) is 0 Å². The molecule has 4 nitrogen and oxygen atoms in total. The summed E-state index contributed by atoms with van der Waals surface area (Å²) < 4.78 is 5.15. The Hall–Kier alpha value is -1.42. The lowest BCUT2D eigenvalue weighted by molar-refractivity contribution is -0.139. The number of aliphatic hydroxyl groups excluding tert-OH is 1. The number of hydrogen-bond acceptors (Lipinski definition) is 4.